The summed E-state index contributed by atoms with van der Waals surface area (Å²) < 4.78 is 0.849. The molecule has 0 aliphatic heterocycles. The second-order valence-electron chi connectivity index (χ2n) is 3.73. The van der Waals surface area contributed by atoms with Gasteiger partial charge in [-0.2, -0.15) is 0 Å². The van der Waals surface area contributed by atoms with Gasteiger partial charge in [0.2, 0.25) is 0 Å². The van der Waals surface area contributed by atoms with Gasteiger partial charge >= 0.3 is 0 Å². The Morgan fingerprint density at radius 1 is 1.17 bits per heavy atom. The molecule has 1 N–H and O–H groups in total. The van der Waals surface area contributed by atoms with Gasteiger partial charge in [-0.05, 0) is 32.4 Å². The van der Waals surface area contributed by atoms with Crippen molar-refractivity contribution >= 4 is 22.6 Å². The first-order chi connectivity index (χ1) is 5.66. The van der Waals surface area contributed by atoms with Gasteiger partial charge in [-0.15, -0.1) is 0 Å². The maximum atomic E-state index is 3.22. The number of hydrogen-bond donors (Lipinski definition) is 1. The predicted molar refractivity (Wildman–Crippen MR) is 65.0 cm³/mol. The van der Waals surface area contributed by atoms with Crippen molar-refractivity contribution in [2.24, 2.45) is 5.92 Å². The number of unbranched alkanes of at least 4 members (excludes halogenated alkanes) is 1. The highest BCUT2D eigenvalue weighted by atomic mass is 127. The van der Waals surface area contributed by atoms with E-state index in [4.69, 9.17) is 0 Å². The van der Waals surface area contributed by atoms with Gasteiger partial charge in [-0.3, -0.25) is 0 Å². The molecule has 0 spiro atoms. The molecule has 0 bridgehead atoms. The molecule has 0 saturated heterocycles. The Bertz CT molecular complexity index is 93.8. The zero-order valence-electron chi connectivity index (χ0n) is 8.57. The first kappa shape index (κ1) is 12.7. The third-order valence-corrected chi connectivity index (χ3v) is 2.72. The molecule has 0 aromatic heterocycles. The molecule has 1 nitrogen and oxygen atoms in total. The van der Waals surface area contributed by atoms with Crippen LogP contribution in [0.5, 0.6) is 0 Å². The molecular formula is C10H22IN. The standard InChI is InChI=1S/C10H22IN/c1-9(8-12-3)6-4-5-7-10(2)11/h9-10,12H,4-8H2,1-3H3. The van der Waals surface area contributed by atoms with Crippen molar-refractivity contribution in [3.63, 3.8) is 0 Å². The number of hydrogen-bond acceptors (Lipinski definition) is 1. The summed E-state index contributed by atoms with van der Waals surface area (Å²) in [5.74, 6) is 0.847. The van der Waals surface area contributed by atoms with Crippen LogP contribution < -0.4 is 5.32 Å². The first-order valence-electron chi connectivity index (χ1n) is 4.95. The highest BCUT2D eigenvalue weighted by Crippen LogP contribution is 2.13. The molecular weight excluding hydrogens is 261 g/mol. The fourth-order valence-electron chi connectivity index (χ4n) is 1.37. The molecule has 0 rings (SSSR count). The molecule has 0 aromatic carbocycles. The largest absolute Gasteiger partial charge is 0.319 e. The number of alkyl halides is 1. The monoisotopic (exact) mass is 283 g/mol. The van der Waals surface area contributed by atoms with Gasteiger partial charge in [0.15, 0.2) is 0 Å². The van der Waals surface area contributed by atoms with Crippen LogP contribution >= 0.6 is 22.6 Å². The van der Waals surface area contributed by atoms with Crippen molar-refractivity contribution in [2.75, 3.05) is 13.6 Å². The van der Waals surface area contributed by atoms with Crippen molar-refractivity contribution in [1.82, 2.24) is 5.32 Å². The van der Waals surface area contributed by atoms with E-state index < -0.39 is 0 Å². The quantitative estimate of drug-likeness (QED) is 0.430. The summed E-state index contributed by atoms with van der Waals surface area (Å²) in [6, 6.07) is 0. The van der Waals surface area contributed by atoms with E-state index in [1.165, 1.54) is 32.2 Å². The fraction of sp³-hybridized carbons (Fsp3) is 1.00. The molecule has 0 amide bonds. The third-order valence-electron chi connectivity index (χ3n) is 2.10. The van der Waals surface area contributed by atoms with Gasteiger partial charge in [-0.25, -0.2) is 0 Å². The second-order valence-corrected chi connectivity index (χ2v) is 5.85. The summed E-state index contributed by atoms with van der Waals surface area (Å²) >= 11 is 2.50. The van der Waals surface area contributed by atoms with Gasteiger partial charge in [0, 0.05) is 3.92 Å². The lowest BCUT2D eigenvalue weighted by molar-refractivity contribution is 0.472. The van der Waals surface area contributed by atoms with Crippen LogP contribution in [0.1, 0.15) is 39.5 Å². The van der Waals surface area contributed by atoms with Crippen molar-refractivity contribution in [1.29, 1.82) is 0 Å². The highest BCUT2D eigenvalue weighted by molar-refractivity contribution is 14.1. The summed E-state index contributed by atoms with van der Waals surface area (Å²) in [6.45, 7) is 5.78. The van der Waals surface area contributed by atoms with Gasteiger partial charge in [0.1, 0.15) is 0 Å². The fourth-order valence-corrected chi connectivity index (χ4v) is 1.81. The Hall–Kier alpha value is 0.690. The molecule has 0 aliphatic carbocycles. The maximum Gasteiger partial charge on any atom is 0.00813 e. The topological polar surface area (TPSA) is 12.0 Å². The number of halogens is 1. The molecule has 0 fully saturated rings. The molecule has 0 saturated carbocycles. The van der Waals surface area contributed by atoms with Crippen LogP contribution in [0.15, 0.2) is 0 Å². The molecule has 74 valence electrons. The Morgan fingerprint density at radius 3 is 2.25 bits per heavy atom. The smallest absolute Gasteiger partial charge is 0.00813 e. The van der Waals surface area contributed by atoms with Gasteiger partial charge in [0.25, 0.3) is 0 Å². The Balaban J connectivity index is 3.08. The van der Waals surface area contributed by atoms with Crippen LogP contribution in [0, 0.1) is 5.92 Å². The van der Waals surface area contributed by atoms with Crippen LogP contribution in [0.2, 0.25) is 0 Å². The molecule has 0 aliphatic rings. The lowest BCUT2D eigenvalue weighted by Gasteiger charge is -2.10. The van der Waals surface area contributed by atoms with Crippen molar-refractivity contribution < 1.29 is 0 Å². The van der Waals surface area contributed by atoms with Gasteiger partial charge < -0.3 is 5.32 Å². The molecule has 0 aromatic rings. The zero-order valence-corrected chi connectivity index (χ0v) is 10.7. The minimum Gasteiger partial charge on any atom is -0.319 e. The van der Waals surface area contributed by atoms with Crippen molar-refractivity contribution in [2.45, 2.75) is 43.5 Å². The van der Waals surface area contributed by atoms with Crippen molar-refractivity contribution in [3.05, 3.63) is 0 Å². The average molecular weight is 283 g/mol. The molecule has 12 heavy (non-hydrogen) atoms. The SMILES string of the molecule is CNCC(C)CCCCC(C)I. The predicted octanol–water partition coefficient (Wildman–Crippen LogP) is 3.23. The first-order valence-corrected chi connectivity index (χ1v) is 6.20. The average Bonchev–Trinajstić information content (AvgIpc) is 1.98. The van der Waals surface area contributed by atoms with E-state index in [1.54, 1.807) is 0 Å². The Kier molecular flexibility index (Phi) is 8.77. The van der Waals surface area contributed by atoms with E-state index in [9.17, 15) is 0 Å². The Labute approximate surface area is 90.8 Å². The van der Waals surface area contributed by atoms with Crippen LogP contribution in [-0.2, 0) is 0 Å². The molecule has 2 heteroatoms. The lowest BCUT2D eigenvalue weighted by atomic mass is 10.0. The molecule has 2 atom stereocenters. The summed E-state index contributed by atoms with van der Waals surface area (Å²) in [6.07, 6.45) is 5.56. The second kappa shape index (κ2) is 8.30. The zero-order chi connectivity index (χ0) is 9.40. The van der Waals surface area contributed by atoms with E-state index in [2.05, 4.69) is 41.8 Å². The maximum absolute atomic E-state index is 3.22. The van der Waals surface area contributed by atoms with E-state index in [0.717, 1.165) is 9.84 Å². The van der Waals surface area contributed by atoms with Crippen LogP contribution in [0.3, 0.4) is 0 Å². The summed E-state index contributed by atoms with van der Waals surface area (Å²) in [4.78, 5) is 0. The van der Waals surface area contributed by atoms with Crippen LogP contribution in [0.4, 0.5) is 0 Å². The van der Waals surface area contributed by atoms with E-state index >= 15 is 0 Å². The van der Waals surface area contributed by atoms with Gasteiger partial charge in [0.05, 0.1) is 0 Å². The number of nitrogens with one attached hydrogen (secondary N) is 1. The number of rotatable bonds is 7. The van der Waals surface area contributed by atoms with Crippen molar-refractivity contribution in [3.8, 4) is 0 Å². The molecule has 0 radical (unpaired) electrons. The molecule has 0 heterocycles. The van der Waals surface area contributed by atoms with Gasteiger partial charge in [-0.1, -0.05) is 49.3 Å². The minimum atomic E-state index is 0.847. The van der Waals surface area contributed by atoms with E-state index in [-0.39, 0.29) is 0 Å². The summed E-state index contributed by atoms with van der Waals surface area (Å²) in [5, 5.41) is 3.22. The normalized spacial score (nSPS) is 16.0. The minimum absolute atomic E-state index is 0.847. The van der Waals surface area contributed by atoms with E-state index in [1.807, 2.05) is 7.05 Å². The lowest BCUT2D eigenvalue weighted by Crippen LogP contribution is -2.15. The summed E-state index contributed by atoms with van der Waals surface area (Å²) in [7, 11) is 2.03. The summed E-state index contributed by atoms with van der Waals surface area (Å²) in [5.41, 5.74) is 0. The highest BCUT2D eigenvalue weighted by Gasteiger charge is 2.00. The van der Waals surface area contributed by atoms with Crippen LogP contribution in [0.25, 0.3) is 0 Å². The van der Waals surface area contributed by atoms with E-state index in [0.29, 0.717) is 0 Å². The molecule has 2 unspecified atom stereocenters. The third kappa shape index (κ3) is 8.78. The van der Waals surface area contributed by atoms with Crippen LogP contribution in [-0.4, -0.2) is 17.5 Å². The Morgan fingerprint density at radius 2 is 1.75 bits per heavy atom.